The molecule has 0 aliphatic rings. The van der Waals surface area contributed by atoms with Crippen molar-refractivity contribution in [2.45, 2.75) is 0 Å². The van der Waals surface area contributed by atoms with Crippen LogP contribution in [0.15, 0.2) is 72.9 Å². The summed E-state index contributed by atoms with van der Waals surface area (Å²) in [5, 5.41) is 2.76. The Kier molecular flexibility index (Phi) is 4.58. The Bertz CT molecular complexity index is 1120. The Morgan fingerprint density at radius 1 is 0.815 bits per heavy atom. The van der Waals surface area contributed by atoms with E-state index in [4.69, 9.17) is 9.47 Å². The van der Waals surface area contributed by atoms with Crippen LogP contribution in [-0.4, -0.2) is 30.0 Å². The molecule has 3 aromatic carbocycles. The van der Waals surface area contributed by atoms with Gasteiger partial charge in [-0.3, -0.25) is 4.79 Å². The molecule has 0 unspecified atom stereocenters. The highest BCUT2D eigenvalue weighted by atomic mass is 16.6. The van der Waals surface area contributed by atoms with Gasteiger partial charge in [0.15, 0.2) is 13.2 Å². The van der Waals surface area contributed by atoms with E-state index < -0.39 is 5.97 Å². The Hall–Kier alpha value is -3.60. The second kappa shape index (κ2) is 7.33. The quantitative estimate of drug-likeness (QED) is 0.415. The molecule has 0 aliphatic carbocycles. The highest BCUT2D eigenvalue weighted by Gasteiger charge is 2.14. The highest BCUT2D eigenvalue weighted by Crippen LogP contribution is 2.25. The minimum atomic E-state index is -0.587. The lowest BCUT2D eigenvalue weighted by molar-refractivity contribution is -0.144. The zero-order chi connectivity index (χ0) is 18.6. The molecule has 0 saturated heterocycles. The van der Waals surface area contributed by atoms with Crippen LogP contribution in [0.25, 0.3) is 21.7 Å². The lowest BCUT2D eigenvalue weighted by Gasteiger charge is -2.09. The largest absolute Gasteiger partial charge is 0.481 e. The third-order valence-corrected chi connectivity index (χ3v) is 4.35. The molecule has 134 valence electrons. The van der Waals surface area contributed by atoms with Gasteiger partial charge in [0.2, 0.25) is 5.78 Å². The molecular weight excluding hydrogens is 342 g/mol. The molecule has 0 atom stereocenters. The van der Waals surface area contributed by atoms with Gasteiger partial charge in [-0.05, 0) is 17.5 Å². The van der Waals surface area contributed by atoms with Crippen LogP contribution in [0.4, 0.5) is 0 Å². The van der Waals surface area contributed by atoms with Crippen LogP contribution in [0.2, 0.25) is 0 Å². The summed E-state index contributed by atoms with van der Waals surface area (Å²) in [5.41, 5.74) is 1.37. The number of carbonyl (C=O) groups is 2. The van der Waals surface area contributed by atoms with Crippen molar-refractivity contribution in [1.29, 1.82) is 0 Å². The van der Waals surface area contributed by atoms with E-state index in [9.17, 15) is 9.59 Å². The third-order valence-electron chi connectivity index (χ3n) is 4.35. The Morgan fingerprint density at radius 3 is 2.44 bits per heavy atom. The number of benzene rings is 3. The van der Waals surface area contributed by atoms with Crippen LogP contribution in [-0.2, 0) is 9.53 Å². The number of fused-ring (bicyclic) bond motifs is 2. The molecule has 0 spiro atoms. The predicted molar refractivity (Wildman–Crippen MR) is 103 cm³/mol. The van der Waals surface area contributed by atoms with Crippen LogP contribution >= 0.6 is 0 Å². The van der Waals surface area contributed by atoms with Crippen molar-refractivity contribution in [3.63, 3.8) is 0 Å². The Balaban J connectivity index is 1.36. The highest BCUT2D eigenvalue weighted by molar-refractivity contribution is 6.08. The summed E-state index contributed by atoms with van der Waals surface area (Å²) in [6.45, 7) is -0.575. The van der Waals surface area contributed by atoms with Gasteiger partial charge in [-0.25, -0.2) is 4.79 Å². The molecule has 0 bridgehead atoms. The fourth-order valence-corrected chi connectivity index (χ4v) is 3.03. The number of esters is 1. The molecule has 0 amide bonds. The molecule has 1 aromatic heterocycles. The molecule has 0 radical (unpaired) electrons. The van der Waals surface area contributed by atoms with Crippen molar-refractivity contribution in [3.05, 3.63) is 78.5 Å². The summed E-state index contributed by atoms with van der Waals surface area (Å²) >= 11 is 0. The van der Waals surface area contributed by atoms with Gasteiger partial charge in [0.05, 0.1) is 0 Å². The molecule has 1 heterocycles. The first kappa shape index (κ1) is 16.8. The average molecular weight is 359 g/mol. The van der Waals surface area contributed by atoms with Crippen molar-refractivity contribution in [1.82, 2.24) is 4.98 Å². The van der Waals surface area contributed by atoms with Gasteiger partial charge in [0, 0.05) is 28.0 Å². The number of hydrogen-bond acceptors (Lipinski definition) is 4. The maximum atomic E-state index is 12.3. The molecule has 5 nitrogen and oxygen atoms in total. The number of ketones is 1. The second-order valence-electron chi connectivity index (χ2n) is 6.10. The number of aromatic amines is 1. The summed E-state index contributed by atoms with van der Waals surface area (Å²) in [6.07, 6.45) is 1.63. The zero-order valence-corrected chi connectivity index (χ0v) is 14.5. The second-order valence-corrected chi connectivity index (χ2v) is 6.10. The fourth-order valence-electron chi connectivity index (χ4n) is 3.03. The smallest absolute Gasteiger partial charge is 0.344 e. The van der Waals surface area contributed by atoms with Gasteiger partial charge in [-0.2, -0.15) is 0 Å². The topological polar surface area (TPSA) is 68.4 Å². The van der Waals surface area contributed by atoms with E-state index >= 15 is 0 Å². The first-order valence-corrected chi connectivity index (χ1v) is 8.58. The van der Waals surface area contributed by atoms with E-state index in [0.717, 1.165) is 21.7 Å². The van der Waals surface area contributed by atoms with Crippen LogP contribution in [0.5, 0.6) is 5.75 Å². The lowest BCUT2D eigenvalue weighted by atomic mass is 10.1. The summed E-state index contributed by atoms with van der Waals surface area (Å²) < 4.78 is 10.7. The summed E-state index contributed by atoms with van der Waals surface area (Å²) in [6, 6.07) is 20.9. The first-order chi connectivity index (χ1) is 13.2. The van der Waals surface area contributed by atoms with Crippen molar-refractivity contribution >= 4 is 33.4 Å². The van der Waals surface area contributed by atoms with Crippen LogP contribution in [0.1, 0.15) is 10.4 Å². The SMILES string of the molecule is O=C(COc1cccc2ccccc12)OCC(=O)c1c[nH]c2ccccc12. The van der Waals surface area contributed by atoms with E-state index in [0.29, 0.717) is 11.3 Å². The molecule has 1 N–H and O–H groups in total. The molecule has 0 aliphatic heterocycles. The van der Waals surface area contributed by atoms with Gasteiger partial charge in [0.1, 0.15) is 5.75 Å². The van der Waals surface area contributed by atoms with Gasteiger partial charge in [-0.15, -0.1) is 0 Å². The zero-order valence-electron chi connectivity index (χ0n) is 14.5. The summed E-state index contributed by atoms with van der Waals surface area (Å²) in [4.78, 5) is 27.4. The minimum Gasteiger partial charge on any atom is -0.481 e. The van der Waals surface area contributed by atoms with Crippen molar-refractivity contribution < 1.29 is 19.1 Å². The van der Waals surface area contributed by atoms with Crippen molar-refractivity contribution in [2.75, 3.05) is 13.2 Å². The van der Waals surface area contributed by atoms with Gasteiger partial charge < -0.3 is 14.5 Å². The molecule has 27 heavy (non-hydrogen) atoms. The monoisotopic (exact) mass is 359 g/mol. The molecule has 0 fully saturated rings. The van der Waals surface area contributed by atoms with E-state index in [2.05, 4.69) is 4.98 Å². The normalized spacial score (nSPS) is 10.8. The third kappa shape index (κ3) is 3.53. The number of H-pyrrole nitrogens is 1. The number of rotatable bonds is 6. The number of carbonyl (C=O) groups excluding carboxylic acids is 2. The first-order valence-electron chi connectivity index (χ1n) is 8.58. The predicted octanol–water partition coefficient (Wildman–Crippen LogP) is 4.13. The number of aromatic nitrogens is 1. The number of nitrogens with one attached hydrogen (secondary N) is 1. The van der Waals surface area contributed by atoms with Gasteiger partial charge >= 0.3 is 5.97 Å². The molecule has 4 aromatic rings. The minimum absolute atomic E-state index is 0.255. The molecule has 0 saturated carbocycles. The number of hydrogen-bond donors (Lipinski definition) is 1. The van der Waals surface area contributed by atoms with Gasteiger partial charge in [0.25, 0.3) is 0 Å². The van der Waals surface area contributed by atoms with Crippen LogP contribution < -0.4 is 4.74 Å². The summed E-state index contributed by atoms with van der Waals surface area (Å²) in [7, 11) is 0. The van der Waals surface area contributed by atoms with Crippen molar-refractivity contribution in [2.24, 2.45) is 0 Å². The molecular formula is C22H17NO4. The summed E-state index contributed by atoms with van der Waals surface area (Å²) in [5.74, 6) is -0.241. The number of para-hydroxylation sites is 1. The average Bonchev–Trinajstić information content (AvgIpc) is 3.14. The number of ether oxygens (including phenoxy) is 2. The van der Waals surface area contributed by atoms with E-state index in [-0.39, 0.29) is 19.0 Å². The Morgan fingerprint density at radius 2 is 1.56 bits per heavy atom. The molecule has 5 heteroatoms. The maximum absolute atomic E-state index is 12.3. The molecule has 4 rings (SSSR count). The van der Waals surface area contributed by atoms with Crippen LogP contribution in [0.3, 0.4) is 0 Å². The van der Waals surface area contributed by atoms with Gasteiger partial charge in [-0.1, -0.05) is 54.6 Å². The van der Waals surface area contributed by atoms with E-state index in [1.54, 1.807) is 12.3 Å². The van der Waals surface area contributed by atoms with E-state index in [1.807, 2.05) is 60.7 Å². The van der Waals surface area contributed by atoms with Crippen molar-refractivity contribution in [3.8, 4) is 5.75 Å². The Labute approximate surface area is 155 Å². The van der Waals surface area contributed by atoms with E-state index in [1.165, 1.54) is 0 Å². The fraction of sp³-hybridized carbons (Fsp3) is 0.0909. The standard InChI is InChI=1S/C22H17NO4/c24-20(18-12-23-19-10-4-3-9-17(18)19)13-27-22(25)14-26-21-11-5-7-15-6-1-2-8-16(15)21/h1-12,23H,13-14H2. The number of Topliss-reactive ketones (excluding diaryl/α,β-unsaturated/α-hetero) is 1. The lowest BCUT2D eigenvalue weighted by Crippen LogP contribution is -2.19. The van der Waals surface area contributed by atoms with Crippen LogP contribution in [0, 0.1) is 0 Å². The maximum Gasteiger partial charge on any atom is 0.344 e.